The van der Waals surface area contributed by atoms with Gasteiger partial charge in [-0.3, -0.25) is 4.90 Å². The highest BCUT2D eigenvalue weighted by Gasteiger charge is 2.38. The van der Waals surface area contributed by atoms with E-state index in [0.717, 1.165) is 75.5 Å². The molecule has 37 heavy (non-hydrogen) atoms. The second-order valence-corrected chi connectivity index (χ2v) is 10.5. The Morgan fingerprint density at radius 1 is 1.05 bits per heavy atom. The van der Waals surface area contributed by atoms with Crippen LogP contribution in [0.2, 0.25) is 10.0 Å². The van der Waals surface area contributed by atoms with Crippen LogP contribution in [0.3, 0.4) is 0 Å². The third-order valence-corrected chi connectivity index (χ3v) is 6.94. The number of anilines is 2. The van der Waals surface area contributed by atoms with Gasteiger partial charge < -0.3 is 15.3 Å². The molecule has 1 aliphatic carbocycles. The number of carbonyl (C=O) groups is 1. The molecule has 0 spiro atoms. The molecule has 7 nitrogen and oxygen atoms in total. The zero-order valence-corrected chi connectivity index (χ0v) is 22.5. The van der Waals surface area contributed by atoms with Crippen molar-refractivity contribution in [1.82, 2.24) is 14.9 Å². The summed E-state index contributed by atoms with van der Waals surface area (Å²) in [5.74, 6) is -0.904. The summed E-state index contributed by atoms with van der Waals surface area (Å²) in [7, 11) is 0. The number of nitrogens with one attached hydrogen (secondary N) is 1. The molecule has 198 valence electrons. The summed E-state index contributed by atoms with van der Waals surface area (Å²) in [6.07, 6.45) is -2.68. The van der Waals surface area contributed by atoms with Crippen molar-refractivity contribution in [3.8, 4) is 0 Å². The number of benzene rings is 2. The second-order valence-electron chi connectivity index (χ2n) is 8.75. The van der Waals surface area contributed by atoms with Crippen molar-refractivity contribution in [2.24, 2.45) is 0 Å². The molecule has 1 saturated heterocycles. The lowest BCUT2D eigenvalue weighted by Crippen LogP contribution is -2.46. The van der Waals surface area contributed by atoms with E-state index in [-0.39, 0.29) is 0 Å². The maximum absolute atomic E-state index is 10.6. The number of hydrogen-bond acceptors (Lipinski definition) is 6. The molecule has 0 bridgehead atoms. The number of piperazine rings is 1. The third-order valence-electron chi connectivity index (χ3n) is 5.84. The van der Waals surface area contributed by atoms with Gasteiger partial charge in [0.15, 0.2) is 11.6 Å². The summed E-state index contributed by atoms with van der Waals surface area (Å²) < 4.78 is 32.8. The van der Waals surface area contributed by atoms with E-state index in [0.29, 0.717) is 6.04 Å². The average Bonchev–Trinajstić information content (AvgIpc) is 3.65. The summed E-state index contributed by atoms with van der Waals surface area (Å²) in [6.45, 7) is 4.47. The normalized spacial score (nSPS) is 16.3. The minimum absolute atomic E-state index is 0.522. The number of halogens is 6. The lowest BCUT2D eigenvalue weighted by Gasteiger charge is -2.36. The molecule has 1 saturated carbocycles. The van der Waals surface area contributed by atoms with Gasteiger partial charge in [0.05, 0.1) is 11.0 Å². The highest BCUT2D eigenvalue weighted by atomic mass is 79.9. The lowest BCUT2D eigenvalue weighted by molar-refractivity contribution is -0.192. The van der Waals surface area contributed by atoms with E-state index in [1.54, 1.807) is 0 Å². The van der Waals surface area contributed by atoms with Gasteiger partial charge in [0, 0.05) is 53.3 Å². The van der Waals surface area contributed by atoms with Crippen LogP contribution in [0, 0.1) is 0 Å². The van der Waals surface area contributed by atoms with E-state index in [9.17, 15) is 13.2 Å². The van der Waals surface area contributed by atoms with E-state index in [1.165, 1.54) is 12.8 Å². The molecule has 1 aromatic heterocycles. The molecule has 0 atom stereocenters. The number of aliphatic carboxylic acids is 1. The van der Waals surface area contributed by atoms with Gasteiger partial charge in [0.1, 0.15) is 0 Å². The Kier molecular flexibility index (Phi) is 8.67. The molecule has 0 unspecified atom stereocenters. The van der Waals surface area contributed by atoms with Crippen LogP contribution in [0.1, 0.15) is 18.4 Å². The van der Waals surface area contributed by atoms with Crippen LogP contribution in [0.4, 0.5) is 24.8 Å². The van der Waals surface area contributed by atoms with Gasteiger partial charge in [-0.2, -0.15) is 13.2 Å². The number of carboxylic acids is 1. The van der Waals surface area contributed by atoms with Crippen molar-refractivity contribution in [1.29, 1.82) is 0 Å². The fourth-order valence-electron chi connectivity index (χ4n) is 3.78. The van der Waals surface area contributed by atoms with Crippen LogP contribution in [-0.2, 0) is 11.3 Å². The number of nitrogens with zero attached hydrogens (tertiary/aromatic N) is 4. The summed E-state index contributed by atoms with van der Waals surface area (Å²) in [4.78, 5) is 23.5. The van der Waals surface area contributed by atoms with Crippen molar-refractivity contribution < 1.29 is 23.1 Å². The largest absolute Gasteiger partial charge is 0.490 e. The van der Waals surface area contributed by atoms with E-state index in [1.807, 2.05) is 36.4 Å². The Morgan fingerprint density at radius 2 is 1.73 bits per heavy atom. The van der Waals surface area contributed by atoms with Gasteiger partial charge >= 0.3 is 12.1 Å². The van der Waals surface area contributed by atoms with E-state index < -0.39 is 12.1 Å². The fraction of sp³-hybridized carbons (Fsp3) is 0.375. The Labute approximate surface area is 229 Å². The highest BCUT2D eigenvalue weighted by Crippen LogP contribution is 2.32. The Hall–Kier alpha value is -2.34. The van der Waals surface area contributed by atoms with E-state index in [4.69, 9.17) is 43.1 Å². The molecule has 5 rings (SSSR count). The molecular weight excluding hydrogens is 598 g/mol. The molecule has 0 radical (unpaired) electrons. The van der Waals surface area contributed by atoms with Gasteiger partial charge in [0.25, 0.3) is 0 Å². The molecule has 1 aliphatic heterocycles. The number of fused-ring (bicyclic) bond motifs is 1. The first-order valence-corrected chi connectivity index (χ1v) is 13.0. The van der Waals surface area contributed by atoms with Crippen molar-refractivity contribution in [2.75, 3.05) is 36.4 Å². The van der Waals surface area contributed by atoms with Gasteiger partial charge in [-0.1, -0.05) is 39.1 Å². The van der Waals surface area contributed by atoms with Crippen LogP contribution in [0.5, 0.6) is 0 Å². The summed E-state index contributed by atoms with van der Waals surface area (Å²) in [6, 6.07) is 12.2. The zero-order chi connectivity index (χ0) is 26.7. The van der Waals surface area contributed by atoms with Crippen LogP contribution in [0.25, 0.3) is 11.0 Å². The van der Waals surface area contributed by atoms with Crippen molar-refractivity contribution in [3.63, 3.8) is 0 Å². The molecule has 2 heterocycles. The Balaban J connectivity index is 0.000000405. The molecule has 2 aromatic carbocycles. The monoisotopic (exact) mass is 619 g/mol. The van der Waals surface area contributed by atoms with Crippen LogP contribution in [-0.4, -0.2) is 64.3 Å². The van der Waals surface area contributed by atoms with Crippen molar-refractivity contribution in [2.45, 2.75) is 31.6 Å². The third kappa shape index (κ3) is 7.59. The average molecular weight is 621 g/mol. The summed E-state index contributed by atoms with van der Waals surface area (Å²) in [5, 5.41) is 12.2. The van der Waals surface area contributed by atoms with Crippen molar-refractivity contribution >= 4 is 67.8 Å². The Morgan fingerprint density at radius 3 is 2.35 bits per heavy atom. The van der Waals surface area contributed by atoms with Crippen LogP contribution < -0.4 is 10.2 Å². The summed E-state index contributed by atoms with van der Waals surface area (Å²) >= 11 is 16.0. The number of alkyl halides is 3. The highest BCUT2D eigenvalue weighted by molar-refractivity contribution is 9.10. The van der Waals surface area contributed by atoms with Crippen LogP contribution in [0.15, 0.2) is 40.9 Å². The predicted molar refractivity (Wildman–Crippen MR) is 142 cm³/mol. The zero-order valence-electron chi connectivity index (χ0n) is 19.4. The fourth-order valence-corrected chi connectivity index (χ4v) is 4.50. The molecular formula is C24H23BrCl2F3N5O2. The van der Waals surface area contributed by atoms with E-state index in [2.05, 4.69) is 31.0 Å². The molecule has 2 N–H and O–H groups in total. The number of carboxylic acid groups (broad SMARTS) is 1. The van der Waals surface area contributed by atoms with Gasteiger partial charge in [-0.25, -0.2) is 14.8 Å². The molecule has 2 fully saturated rings. The SMILES string of the molecule is Clc1ccc(Cl)c(CN2CCN(c3nc4ccc(Br)cc4nc3NC3CC3)CC2)c1.O=C(O)C(F)(F)F. The molecule has 3 aromatic rings. The Bertz CT molecular complexity index is 1290. The van der Waals surface area contributed by atoms with E-state index >= 15 is 0 Å². The lowest BCUT2D eigenvalue weighted by atomic mass is 10.2. The minimum atomic E-state index is -5.08. The van der Waals surface area contributed by atoms with Crippen molar-refractivity contribution in [3.05, 3.63) is 56.5 Å². The summed E-state index contributed by atoms with van der Waals surface area (Å²) in [5.41, 5.74) is 2.90. The smallest absolute Gasteiger partial charge is 0.475 e. The van der Waals surface area contributed by atoms with Gasteiger partial charge in [-0.05, 0) is 54.8 Å². The predicted octanol–water partition coefficient (Wildman–Crippen LogP) is 6.23. The second kappa shape index (κ2) is 11.6. The number of rotatable bonds is 5. The topological polar surface area (TPSA) is 81.6 Å². The molecule has 0 amide bonds. The van der Waals surface area contributed by atoms with Crippen LogP contribution >= 0.6 is 39.1 Å². The maximum atomic E-state index is 10.6. The first kappa shape index (κ1) is 27.7. The van der Waals surface area contributed by atoms with Gasteiger partial charge in [-0.15, -0.1) is 0 Å². The minimum Gasteiger partial charge on any atom is -0.475 e. The standard InChI is InChI=1S/C22H22BrCl2N5.C2HF3O2/c23-15-1-6-19-20(12-15)27-21(26-17-3-4-17)22(28-19)30-9-7-29(8-10-30)13-14-11-16(24)2-5-18(14)25;3-2(4,5)1(6)7/h1-2,5-6,11-12,17H,3-4,7-10,13H2,(H,26,27);(H,6,7). The first-order valence-electron chi connectivity index (χ1n) is 11.4. The quantitative estimate of drug-likeness (QED) is 0.350. The first-order chi connectivity index (χ1) is 17.5. The molecule has 13 heteroatoms. The number of aromatic nitrogens is 2. The maximum Gasteiger partial charge on any atom is 0.490 e. The van der Waals surface area contributed by atoms with Gasteiger partial charge in [0.2, 0.25) is 0 Å². The molecule has 2 aliphatic rings. The number of hydrogen-bond donors (Lipinski definition) is 2.